The van der Waals surface area contributed by atoms with Gasteiger partial charge in [-0.2, -0.15) is 0 Å². The highest BCUT2D eigenvalue weighted by Gasteiger charge is 2.31. The Morgan fingerprint density at radius 2 is 2.05 bits per heavy atom. The van der Waals surface area contributed by atoms with Crippen LogP contribution in [0.4, 0.5) is 5.69 Å². The van der Waals surface area contributed by atoms with Crippen LogP contribution in [0.25, 0.3) is 0 Å². The summed E-state index contributed by atoms with van der Waals surface area (Å²) in [5.41, 5.74) is -0.609. The summed E-state index contributed by atoms with van der Waals surface area (Å²) in [6.07, 6.45) is 0.358. The minimum absolute atomic E-state index is 0.0423. The minimum atomic E-state index is -1.06. The second-order valence-corrected chi connectivity index (χ2v) is 5.16. The second-order valence-electron chi connectivity index (χ2n) is 5.16. The standard InChI is InChI=1S/C14H18N2O5/c1-4-14(3,13(18)19)8-15-12(17)10-6-5-9(2)11(7-10)16(20)21/h5-7H,4,8H2,1-3H3,(H,15,17)(H,18,19). The van der Waals surface area contributed by atoms with Crippen LogP contribution in [0, 0.1) is 22.5 Å². The van der Waals surface area contributed by atoms with E-state index in [9.17, 15) is 19.7 Å². The predicted molar refractivity (Wildman–Crippen MR) is 76.2 cm³/mol. The number of carboxylic acid groups (broad SMARTS) is 1. The molecule has 1 aromatic carbocycles. The molecule has 0 aromatic heterocycles. The van der Waals surface area contributed by atoms with Crippen LogP contribution in [0.2, 0.25) is 0 Å². The van der Waals surface area contributed by atoms with Crippen molar-refractivity contribution >= 4 is 17.6 Å². The summed E-state index contributed by atoms with van der Waals surface area (Å²) in [6, 6.07) is 4.15. The molecule has 1 aromatic rings. The zero-order chi connectivity index (χ0) is 16.2. The summed E-state index contributed by atoms with van der Waals surface area (Å²) in [5.74, 6) is -1.53. The number of nitrogens with zero attached hydrogens (tertiary/aromatic N) is 1. The topological polar surface area (TPSA) is 110 Å². The molecule has 7 heteroatoms. The molecular formula is C14H18N2O5. The number of aliphatic carboxylic acids is 1. The van der Waals surface area contributed by atoms with E-state index in [2.05, 4.69) is 5.32 Å². The van der Waals surface area contributed by atoms with Gasteiger partial charge in [-0.3, -0.25) is 19.7 Å². The van der Waals surface area contributed by atoms with Gasteiger partial charge in [0, 0.05) is 23.7 Å². The molecule has 114 valence electrons. The quantitative estimate of drug-likeness (QED) is 0.617. The Morgan fingerprint density at radius 1 is 1.43 bits per heavy atom. The van der Waals surface area contributed by atoms with E-state index in [4.69, 9.17) is 5.11 Å². The van der Waals surface area contributed by atoms with Crippen molar-refractivity contribution in [2.45, 2.75) is 27.2 Å². The number of carbonyl (C=O) groups excluding carboxylic acids is 1. The van der Waals surface area contributed by atoms with Crippen molar-refractivity contribution < 1.29 is 19.6 Å². The predicted octanol–water partition coefficient (Wildman–Crippen LogP) is 2.13. The van der Waals surface area contributed by atoms with Crippen LogP contribution in [0.3, 0.4) is 0 Å². The first-order valence-electron chi connectivity index (χ1n) is 6.48. The van der Waals surface area contributed by atoms with Gasteiger partial charge in [0.1, 0.15) is 0 Å². The van der Waals surface area contributed by atoms with E-state index in [0.29, 0.717) is 12.0 Å². The summed E-state index contributed by atoms with van der Waals surface area (Å²) in [7, 11) is 0. The molecule has 0 aliphatic carbocycles. The van der Waals surface area contributed by atoms with Crippen molar-refractivity contribution in [3.63, 3.8) is 0 Å². The molecule has 2 N–H and O–H groups in total. The third-order valence-corrected chi connectivity index (χ3v) is 3.60. The molecular weight excluding hydrogens is 276 g/mol. The Morgan fingerprint density at radius 3 is 2.52 bits per heavy atom. The Hall–Kier alpha value is -2.44. The fraction of sp³-hybridized carbons (Fsp3) is 0.429. The number of nitro groups is 1. The largest absolute Gasteiger partial charge is 0.481 e. The van der Waals surface area contributed by atoms with Crippen LogP contribution < -0.4 is 5.32 Å². The van der Waals surface area contributed by atoms with Crippen molar-refractivity contribution in [3.05, 3.63) is 39.4 Å². The van der Waals surface area contributed by atoms with E-state index in [1.54, 1.807) is 13.8 Å². The fourth-order valence-corrected chi connectivity index (χ4v) is 1.68. The third kappa shape index (κ3) is 3.77. The lowest BCUT2D eigenvalue weighted by atomic mass is 9.87. The highest BCUT2D eigenvalue weighted by molar-refractivity contribution is 5.95. The molecule has 0 heterocycles. The molecule has 0 aliphatic heterocycles. The van der Waals surface area contributed by atoms with Crippen molar-refractivity contribution in [2.75, 3.05) is 6.54 Å². The molecule has 0 spiro atoms. The van der Waals surface area contributed by atoms with Gasteiger partial charge in [-0.05, 0) is 26.3 Å². The van der Waals surface area contributed by atoms with Crippen LogP contribution in [0.15, 0.2) is 18.2 Å². The average Bonchev–Trinajstić information content (AvgIpc) is 2.44. The van der Waals surface area contributed by atoms with Crippen LogP contribution in [0.5, 0.6) is 0 Å². The maximum atomic E-state index is 12.0. The van der Waals surface area contributed by atoms with Gasteiger partial charge in [-0.15, -0.1) is 0 Å². The van der Waals surface area contributed by atoms with Crippen molar-refractivity contribution in [2.24, 2.45) is 5.41 Å². The number of nitrogens with one attached hydrogen (secondary N) is 1. The van der Waals surface area contributed by atoms with E-state index in [1.807, 2.05) is 0 Å². The Kier molecular flexibility index (Phi) is 5.02. The number of hydrogen-bond acceptors (Lipinski definition) is 4. The molecule has 0 fully saturated rings. The molecule has 0 bridgehead atoms. The number of rotatable bonds is 6. The minimum Gasteiger partial charge on any atom is -0.481 e. The van der Waals surface area contributed by atoms with Gasteiger partial charge in [-0.1, -0.05) is 13.0 Å². The first-order chi connectivity index (χ1) is 9.71. The molecule has 7 nitrogen and oxygen atoms in total. The molecule has 0 saturated carbocycles. The first-order valence-corrected chi connectivity index (χ1v) is 6.48. The molecule has 0 aliphatic rings. The molecule has 0 radical (unpaired) electrons. The van der Waals surface area contributed by atoms with Gasteiger partial charge in [0.2, 0.25) is 0 Å². The number of nitro benzene ring substituents is 1. The number of carbonyl (C=O) groups is 2. The Balaban J connectivity index is 2.88. The molecule has 1 atom stereocenters. The van der Waals surface area contributed by atoms with Gasteiger partial charge < -0.3 is 10.4 Å². The summed E-state index contributed by atoms with van der Waals surface area (Å²) < 4.78 is 0. The molecule has 1 amide bonds. The summed E-state index contributed by atoms with van der Waals surface area (Å²) in [6.45, 7) is 4.79. The van der Waals surface area contributed by atoms with Gasteiger partial charge in [0.25, 0.3) is 11.6 Å². The second kappa shape index (κ2) is 6.34. The van der Waals surface area contributed by atoms with Crippen molar-refractivity contribution in [1.82, 2.24) is 5.32 Å². The van der Waals surface area contributed by atoms with E-state index in [-0.39, 0.29) is 17.8 Å². The average molecular weight is 294 g/mol. The van der Waals surface area contributed by atoms with Gasteiger partial charge in [-0.25, -0.2) is 0 Å². The number of hydrogen-bond donors (Lipinski definition) is 2. The zero-order valence-electron chi connectivity index (χ0n) is 12.2. The summed E-state index contributed by atoms with van der Waals surface area (Å²) >= 11 is 0. The number of aryl methyl sites for hydroxylation is 1. The Bertz CT molecular complexity index is 585. The van der Waals surface area contributed by atoms with Crippen LogP contribution >= 0.6 is 0 Å². The maximum Gasteiger partial charge on any atom is 0.311 e. The van der Waals surface area contributed by atoms with E-state index < -0.39 is 22.2 Å². The smallest absolute Gasteiger partial charge is 0.311 e. The zero-order valence-corrected chi connectivity index (χ0v) is 12.2. The van der Waals surface area contributed by atoms with E-state index in [0.717, 1.165) is 0 Å². The molecule has 1 unspecified atom stereocenters. The summed E-state index contributed by atoms with van der Waals surface area (Å²) in [4.78, 5) is 33.4. The van der Waals surface area contributed by atoms with Crippen LogP contribution in [0.1, 0.15) is 36.2 Å². The number of carboxylic acids is 1. The van der Waals surface area contributed by atoms with Gasteiger partial charge >= 0.3 is 5.97 Å². The number of amides is 1. The van der Waals surface area contributed by atoms with Gasteiger partial charge in [0.05, 0.1) is 10.3 Å². The third-order valence-electron chi connectivity index (χ3n) is 3.60. The monoisotopic (exact) mass is 294 g/mol. The summed E-state index contributed by atoms with van der Waals surface area (Å²) in [5, 5.41) is 22.5. The number of benzene rings is 1. The highest BCUT2D eigenvalue weighted by Crippen LogP contribution is 2.21. The van der Waals surface area contributed by atoms with Crippen molar-refractivity contribution in [1.29, 1.82) is 0 Å². The maximum absolute atomic E-state index is 12.0. The van der Waals surface area contributed by atoms with Crippen LogP contribution in [-0.2, 0) is 4.79 Å². The first kappa shape index (κ1) is 16.6. The normalized spacial score (nSPS) is 13.3. The highest BCUT2D eigenvalue weighted by atomic mass is 16.6. The van der Waals surface area contributed by atoms with Crippen molar-refractivity contribution in [3.8, 4) is 0 Å². The SMILES string of the molecule is CCC(C)(CNC(=O)c1ccc(C)c([N+](=O)[O-])c1)C(=O)O. The van der Waals surface area contributed by atoms with E-state index >= 15 is 0 Å². The lowest BCUT2D eigenvalue weighted by Crippen LogP contribution is -2.40. The lowest BCUT2D eigenvalue weighted by Gasteiger charge is -2.23. The molecule has 1 rings (SSSR count). The van der Waals surface area contributed by atoms with Crippen LogP contribution in [-0.4, -0.2) is 28.5 Å². The lowest BCUT2D eigenvalue weighted by molar-refractivity contribution is -0.385. The Labute approximate surface area is 122 Å². The van der Waals surface area contributed by atoms with Gasteiger partial charge in [0.15, 0.2) is 0 Å². The molecule has 21 heavy (non-hydrogen) atoms. The van der Waals surface area contributed by atoms with E-state index in [1.165, 1.54) is 25.1 Å². The molecule has 0 saturated heterocycles. The fourth-order valence-electron chi connectivity index (χ4n) is 1.68.